The van der Waals surface area contributed by atoms with Gasteiger partial charge in [0.1, 0.15) is 0 Å². The zero-order chi connectivity index (χ0) is 11.1. The van der Waals surface area contributed by atoms with Crippen LogP contribution >= 0.6 is 0 Å². The molecule has 0 aromatic rings. The highest BCUT2D eigenvalue weighted by Gasteiger charge is 2.13. The molecule has 6 heteroatoms. The molecule has 1 fully saturated rings. The summed E-state index contributed by atoms with van der Waals surface area (Å²) in [6.45, 7) is 2.27. The summed E-state index contributed by atoms with van der Waals surface area (Å²) in [5.41, 5.74) is 0. The molecule has 2 amide bonds. The van der Waals surface area contributed by atoms with Gasteiger partial charge in [-0.05, 0) is 0 Å². The smallest absolute Gasteiger partial charge is 0.227 e. The van der Waals surface area contributed by atoms with Crippen molar-refractivity contribution in [2.75, 3.05) is 26.2 Å². The molecule has 84 valence electrons. The van der Waals surface area contributed by atoms with Crippen molar-refractivity contribution in [3.8, 4) is 0 Å². The Balaban J connectivity index is 2.44. The van der Waals surface area contributed by atoms with Crippen LogP contribution in [-0.4, -0.2) is 43.8 Å². The fourth-order valence-electron chi connectivity index (χ4n) is 1.25. The van der Waals surface area contributed by atoms with Crippen LogP contribution < -0.4 is 16.0 Å². The highest BCUT2D eigenvalue weighted by molar-refractivity contribution is 6.06. The van der Waals surface area contributed by atoms with Crippen LogP contribution in [0.25, 0.3) is 0 Å². The first-order valence-electron chi connectivity index (χ1n) is 4.94. The van der Waals surface area contributed by atoms with Gasteiger partial charge in [0.25, 0.3) is 0 Å². The second-order valence-electron chi connectivity index (χ2n) is 3.34. The number of carbonyl (C=O) groups excluding carboxylic acids is 3. The first-order valence-corrected chi connectivity index (χ1v) is 4.94. The van der Waals surface area contributed by atoms with E-state index in [1.54, 1.807) is 0 Å². The van der Waals surface area contributed by atoms with Gasteiger partial charge in [-0.15, -0.1) is 0 Å². The maximum atomic E-state index is 11.2. The minimum atomic E-state index is -0.349. The van der Waals surface area contributed by atoms with Crippen LogP contribution in [0.5, 0.6) is 0 Å². The molecule has 0 radical (unpaired) electrons. The normalized spacial score (nSPS) is 20.9. The Morgan fingerprint density at radius 1 is 0.733 bits per heavy atom. The van der Waals surface area contributed by atoms with E-state index >= 15 is 0 Å². The van der Waals surface area contributed by atoms with Crippen LogP contribution in [0.15, 0.2) is 0 Å². The lowest BCUT2D eigenvalue weighted by atomic mass is 10.2. The number of hydrogen-bond donors (Lipinski definition) is 3. The van der Waals surface area contributed by atoms with Gasteiger partial charge in [-0.25, -0.2) is 0 Å². The topological polar surface area (TPSA) is 87.3 Å². The summed E-state index contributed by atoms with van der Waals surface area (Å²) >= 11 is 0. The minimum Gasteiger partial charge on any atom is -0.354 e. The number of rotatable bonds is 0. The summed E-state index contributed by atoms with van der Waals surface area (Å²) in [5, 5.41) is 8.22. The largest absolute Gasteiger partial charge is 0.354 e. The molecular formula is C9H15N3O3. The van der Waals surface area contributed by atoms with Gasteiger partial charge in [-0.2, -0.15) is 0 Å². The summed E-state index contributed by atoms with van der Waals surface area (Å²) in [6.07, 6.45) is -0.430. The first-order chi connectivity index (χ1) is 7.18. The van der Waals surface area contributed by atoms with Crippen LogP contribution in [0.3, 0.4) is 0 Å². The van der Waals surface area contributed by atoms with Crippen molar-refractivity contribution in [2.45, 2.75) is 12.8 Å². The monoisotopic (exact) mass is 213 g/mol. The van der Waals surface area contributed by atoms with Crippen molar-refractivity contribution in [3.63, 3.8) is 0 Å². The first kappa shape index (κ1) is 11.6. The molecule has 0 aliphatic carbocycles. The molecule has 0 aromatic carbocycles. The van der Waals surface area contributed by atoms with E-state index in [1.807, 2.05) is 0 Å². The third-order valence-electron chi connectivity index (χ3n) is 1.96. The summed E-state index contributed by atoms with van der Waals surface area (Å²) in [7, 11) is 0. The fourth-order valence-corrected chi connectivity index (χ4v) is 1.25. The fraction of sp³-hybridized carbons (Fsp3) is 0.667. The number of carbonyl (C=O) groups is 3. The molecule has 15 heavy (non-hydrogen) atoms. The van der Waals surface area contributed by atoms with Crippen LogP contribution in [0, 0.1) is 0 Å². The number of Topliss-reactive ketones (excluding diaryl/α,β-unsaturated/α-hetero) is 1. The third kappa shape index (κ3) is 5.11. The Kier molecular flexibility index (Phi) is 4.76. The molecule has 0 atom stereocenters. The highest BCUT2D eigenvalue weighted by atomic mass is 16.2. The van der Waals surface area contributed by atoms with E-state index < -0.39 is 0 Å². The van der Waals surface area contributed by atoms with Gasteiger partial charge in [0.2, 0.25) is 11.8 Å². The Morgan fingerprint density at radius 2 is 1.20 bits per heavy atom. The molecule has 3 N–H and O–H groups in total. The molecule has 0 bridgehead atoms. The van der Waals surface area contributed by atoms with Crippen molar-refractivity contribution in [1.82, 2.24) is 16.0 Å². The van der Waals surface area contributed by atoms with E-state index in [-0.39, 0.29) is 30.4 Å². The van der Waals surface area contributed by atoms with Crippen molar-refractivity contribution in [3.05, 3.63) is 0 Å². The van der Waals surface area contributed by atoms with Crippen molar-refractivity contribution in [2.24, 2.45) is 0 Å². The second kappa shape index (κ2) is 6.13. The van der Waals surface area contributed by atoms with E-state index in [2.05, 4.69) is 16.0 Å². The lowest BCUT2D eigenvalue weighted by Crippen LogP contribution is -2.39. The number of nitrogens with one attached hydrogen (secondary N) is 3. The summed E-state index contributed by atoms with van der Waals surface area (Å²) in [4.78, 5) is 33.4. The SMILES string of the molecule is O=C1CC(=O)NCCNCCNC(=O)C1. The molecule has 1 rings (SSSR count). The van der Waals surface area contributed by atoms with Gasteiger partial charge in [0, 0.05) is 26.2 Å². The zero-order valence-electron chi connectivity index (χ0n) is 8.47. The molecule has 0 unspecified atom stereocenters. The van der Waals surface area contributed by atoms with Crippen LogP contribution in [0.4, 0.5) is 0 Å². The van der Waals surface area contributed by atoms with E-state index in [9.17, 15) is 14.4 Å². The highest BCUT2D eigenvalue weighted by Crippen LogP contribution is 1.90. The molecule has 0 spiro atoms. The average molecular weight is 213 g/mol. The molecule has 1 heterocycles. The van der Waals surface area contributed by atoms with Crippen LogP contribution in [-0.2, 0) is 14.4 Å². The maximum absolute atomic E-state index is 11.2. The minimum absolute atomic E-state index is 0.215. The quantitative estimate of drug-likeness (QED) is 0.413. The average Bonchev–Trinajstić information content (AvgIpc) is 2.14. The molecule has 6 nitrogen and oxygen atoms in total. The summed E-state index contributed by atoms with van der Waals surface area (Å²) < 4.78 is 0. The number of ketones is 1. The molecule has 1 aliphatic heterocycles. The van der Waals surface area contributed by atoms with Crippen LogP contribution in [0.1, 0.15) is 12.8 Å². The maximum Gasteiger partial charge on any atom is 0.227 e. The van der Waals surface area contributed by atoms with Gasteiger partial charge in [0.15, 0.2) is 5.78 Å². The predicted octanol–water partition coefficient (Wildman–Crippen LogP) is -1.83. The van der Waals surface area contributed by atoms with Crippen molar-refractivity contribution in [1.29, 1.82) is 0 Å². The van der Waals surface area contributed by atoms with E-state index in [0.717, 1.165) is 0 Å². The van der Waals surface area contributed by atoms with Gasteiger partial charge in [-0.1, -0.05) is 0 Å². The number of hydrogen-bond acceptors (Lipinski definition) is 4. The molecule has 1 saturated heterocycles. The van der Waals surface area contributed by atoms with Crippen molar-refractivity contribution >= 4 is 17.6 Å². The van der Waals surface area contributed by atoms with Gasteiger partial charge in [-0.3, -0.25) is 14.4 Å². The standard InChI is InChI=1S/C9H15N3O3/c13-7-5-8(14)11-3-1-10-2-4-12-9(15)6-7/h10H,1-6H2,(H,11,14)(H,12,15). The molecule has 1 aliphatic rings. The third-order valence-corrected chi connectivity index (χ3v) is 1.96. The molecule has 0 saturated carbocycles. The summed E-state index contributed by atoms with van der Waals surface area (Å²) in [6, 6.07) is 0. The van der Waals surface area contributed by atoms with Crippen LogP contribution in [0.2, 0.25) is 0 Å². The molecular weight excluding hydrogens is 198 g/mol. The Bertz CT molecular complexity index is 241. The van der Waals surface area contributed by atoms with E-state index in [0.29, 0.717) is 26.2 Å². The Labute approximate surface area is 87.8 Å². The number of amides is 2. The zero-order valence-corrected chi connectivity index (χ0v) is 8.47. The van der Waals surface area contributed by atoms with Gasteiger partial charge >= 0.3 is 0 Å². The van der Waals surface area contributed by atoms with Gasteiger partial charge in [0.05, 0.1) is 12.8 Å². The lowest BCUT2D eigenvalue weighted by molar-refractivity contribution is -0.131. The molecule has 0 aromatic heterocycles. The van der Waals surface area contributed by atoms with Gasteiger partial charge < -0.3 is 16.0 Å². The van der Waals surface area contributed by atoms with E-state index in [1.165, 1.54) is 0 Å². The van der Waals surface area contributed by atoms with Crippen molar-refractivity contribution < 1.29 is 14.4 Å². The second-order valence-corrected chi connectivity index (χ2v) is 3.34. The summed E-state index contributed by atoms with van der Waals surface area (Å²) in [5.74, 6) is -0.996. The van der Waals surface area contributed by atoms with E-state index in [4.69, 9.17) is 0 Å². The Morgan fingerprint density at radius 3 is 1.67 bits per heavy atom. The lowest BCUT2D eigenvalue weighted by Gasteiger charge is -2.09. The predicted molar refractivity (Wildman–Crippen MR) is 53.1 cm³/mol. The Hall–Kier alpha value is -1.43.